The number of rotatable bonds is 3. The Balaban J connectivity index is 2.60. The van der Waals surface area contributed by atoms with Crippen LogP contribution in [0, 0.1) is 0 Å². The highest BCUT2D eigenvalue weighted by molar-refractivity contribution is 5.76. The zero-order valence-corrected chi connectivity index (χ0v) is 9.93. The standard InChI is InChI=1S/C16H14O2/c1-3-11-5-7-16(18)14(9-11)13-6-8-15(17)12(4-2)10-13/h3-10,17-18H,1-2H2. The molecular formula is C16H14O2. The van der Waals surface area contributed by atoms with E-state index >= 15 is 0 Å². The van der Waals surface area contributed by atoms with Crippen LogP contribution in [0.3, 0.4) is 0 Å². The maximum Gasteiger partial charge on any atom is 0.123 e. The first-order chi connectivity index (χ1) is 8.65. The van der Waals surface area contributed by atoms with Crippen LogP contribution in [0.15, 0.2) is 49.6 Å². The smallest absolute Gasteiger partial charge is 0.123 e. The molecule has 90 valence electrons. The van der Waals surface area contributed by atoms with E-state index in [2.05, 4.69) is 13.2 Å². The molecule has 18 heavy (non-hydrogen) atoms. The molecule has 2 aromatic carbocycles. The van der Waals surface area contributed by atoms with Crippen molar-refractivity contribution >= 4 is 12.2 Å². The van der Waals surface area contributed by atoms with Crippen molar-refractivity contribution in [3.8, 4) is 22.6 Å². The van der Waals surface area contributed by atoms with E-state index < -0.39 is 0 Å². The number of aromatic hydroxyl groups is 2. The van der Waals surface area contributed by atoms with Crippen molar-refractivity contribution in [2.24, 2.45) is 0 Å². The molecule has 2 aromatic rings. The summed E-state index contributed by atoms with van der Waals surface area (Å²) >= 11 is 0. The fourth-order valence-electron chi connectivity index (χ4n) is 1.80. The molecule has 0 unspecified atom stereocenters. The van der Waals surface area contributed by atoms with Crippen LogP contribution in [0.2, 0.25) is 0 Å². The van der Waals surface area contributed by atoms with Crippen LogP contribution >= 0.6 is 0 Å². The third-order valence-corrected chi connectivity index (χ3v) is 2.81. The summed E-state index contributed by atoms with van der Waals surface area (Å²) in [4.78, 5) is 0. The molecule has 0 aromatic heterocycles. The van der Waals surface area contributed by atoms with Crippen LogP contribution in [0.5, 0.6) is 11.5 Å². The molecule has 0 saturated carbocycles. The topological polar surface area (TPSA) is 40.5 Å². The van der Waals surface area contributed by atoms with Crippen LogP contribution < -0.4 is 0 Å². The van der Waals surface area contributed by atoms with E-state index in [9.17, 15) is 10.2 Å². The third-order valence-electron chi connectivity index (χ3n) is 2.81. The van der Waals surface area contributed by atoms with Gasteiger partial charge in [-0.2, -0.15) is 0 Å². The van der Waals surface area contributed by atoms with Gasteiger partial charge in [0.2, 0.25) is 0 Å². The summed E-state index contributed by atoms with van der Waals surface area (Å²) in [5.41, 5.74) is 3.09. The highest BCUT2D eigenvalue weighted by atomic mass is 16.3. The van der Waals surface area contributed by atoms with Crippen molar-refractivity contribution in [1.29, 1.82) is 0 Å². The molecule has 2 N–H and O–H groups in total. The summed E-state index contributed by atoms with van der Waals surface area (Å²) in [6, 6.07) is 10.4. The Morgan fingerprint density at radius 2 is 1.56 bits per heavy atom. The predicted octanol–water partition coefficient (Wildman–Crippen LogP) is 4.05. The Labute approximate surface area is 106 Å². The minimum absolute atomic E-state index is 0.174. The van der Waals surface area contributed by atoms with Gasteiger partial charge in [0.1, 0.15) is 11.5 Å². The summed E-state index contributed by atoms with van der Waals surface area (Å²) in [5.74, 6) is 0.370. The van der Waals surface area contributed by atoms with E-state index in [1.54, 1.807) is 42.5 Å². The van der Waals surface area contributed by atoms with Gasteiger partial charge in [0, 0.05) is 11.1 Å². The molecule has 0 heterocycles. The van der Waals surface area contributed by atoms with Crippen molar-refractivity contribution in [1.82, 2.24) is 0 Å². The summed E-state index contributed by atoms with van der Waals surface area (Å²) in [7, 11) is 0. The molecule has 0 saturated heterocycles. The summed E-state index contributed by atoms with van der Waals surface area (Å²) in [6.45, 7) is 7.35. The van der Waals surface area contributed by atoms with Gasteiger partial charge < -0.3 is 10.2 Å². The van der Waals surface area contributed by atoms with Gasteiger partial charge in [-0.3, -0.25) is 0 Å². The molecule has 0 aliphatic rings. The first-order valence-corrected chi connectivity index (χ1v) is 5.57. The first-order valence-electron chi connectivity index (χ1n) is 5.57. The average Bonchev–Trinajstić information content (AvgIpc) is 2.40. The molecular weight excluding hydrogens is 224 g/mol. The van der Waals surface area contributed by atoms with Gasteiger partial charge in [0.25, 0.3) is 0 Å². The zero-order chi connectivity index (χ0) is 13.1. The lowest BCUT2D eigenvalue weighted by Gasteiger charge is -2.08. The monoisotopic (exact) mass is 238 g/mol. The van der Waals surface area contributed by atoms with E-state index in [1.807, 2.05) is 6.07 Å². The molecule has 2 nitrogen and oxygen atoms in total. The Morgan fingerprint density at radius 3 is 2.22 bits per heavy atom. The average molecular weight is 238 g/mol. The van der Waals surface area contributed by atoms with E-state index in [4.69, 9.17) is 0 Å². The van der Waals surface area contributed by atoms with E-state index in [0.29, 0.717) is 11.1 Å². The minimum Gasteiger partial charge on any atom is -0.507 e. The minimum atomic E-state index is 0.174. The quantitative estimate of drug-likeness (QED) is 0.846. The Morgan fingerprint density at radius 1 is 0.833 bits per heavy atom. The van der Waals surface area contributed by atoms with E-state index in [0.717, 1.165) is 11.1 Å². The van der Waals surface area contributed by atoms with Gasteiger partial charge >= 0.3 is 0 Å². The number of benzene rings is 2. The molecule has 0 aliphatic carbocycles. The lowest BCUT2D eigenvalue weighted by molar-refractivity contribution is 0.473. The fraction of sp³-hybridized carbons (Fsp3) is 0. The summed E-state index contributed by atoms with van der Waals surface area (Å²) in [6.07, 6.45) is 3.30. The maximum atomic E-state index is 9.89. The lowest BCUT2D eigenvalue weighted by atomic mass is 9.99. The zero-order valence-electron chi connectivity index (χ0n) is 9.93. The highest BCUT2D eigenvalue weighted by Gasteiger charge is 2.07. The number of hydrogen-bond donors (Lipinski definition) is 2. The highest BCUT2D eigenvalue weighted by Crippen LogP contribution is 2.33. The molecule has 0 spiro atoms. The summed E-state index contributed by atoms with van der Waals surface area (Å²) < 4.78 is 0. The van der Waals surface area contributed by atoms with Crippen molar-refractivity contribution < 1.29 is 10.2 Å². The van der Waals surface area contributed by atoms with Crippen molar-refractivity contribution in [3.05, 3.63) is 60.7 Å². The Kier molecular flexibility index (Phi) is 3.20. The van der Waals surface area contributed by atoms with Crippen molar-refractivity contribution in [2.45, 2.75) is 0 Å². The largest absolute Gasteiger partial charge is 0.507 e. The van der Waals surface area contributed by atoms with Gasteiger partial charge in [-0.15, -0.1) is 0 Å². The molecule has 2 heteroatoms. The van der Waals surface area contributed by atoms with E-state index in [1.165, 1.54) is 0 Å². The second-order valence-electron chi connectivity index (χ2n) is 3.96. The predicted molar refractivity (Wildman–Crippen MR) is 75.4 cm³/mol. The van der Waals surface area contributed by atoms with E-state index in [-0.39, 0.29) is 11.5 Å². The molecule has 0 aliphatic heterocycles. The molecule has 0 fully saturated rings. The molecule has 0 bridgehead atoms. The normalized spacial score (nSPS) is 10.0. The van der Waals surface area contributed by atoms with Gasteiger partial charge in [0.05, 0.1) is 0 Å². The second-order valence-corrected chi connectivity index (χ2v) is 3.96. The van der Waals surface area contributed by atoms with Gasteiger partial charge in [-0.25, -0.2) is 0 Å². The van der Waals surface area contributed by atoms with Crippen LogP contribution in [-0.2, 0) is 0 Å². The number of hydrogen-bond acceptors (Lipinski definition) is 2. The second kappa shape index (κ2) is 4.80. The third kappa shape index (κ3) is 2.13. The van der Waals surface area contributed by atoms with Crippen molar-refractivity contribution in [2.75, 3.05) is 0 Å². The van der Waals surface area contributed by atoms with Crippen molar-refractivity contribution in [3.63, 3.8) is 0 Å². The molecule has 0 atom stereocenters. The number of phenolic OH excluding ortho intramolecular Hbond substituents is 2. The van der Waals surface area contributed by atoms with Gasteiger partial charge in [-0.1, -0.05) is 37.4 Å². The summed E-state index contributed by atoms with van der Waals surface area (Å²) in [5, 5.41) is 19.5. The van der Waals surface area contributed by atoms with Gasteiger partial charge in [-0.05, 0) is 35.4 Å². The van der Waals surface area contributed by atoms with Crippen LogP contribution in [-0.4, -0.2) is 10.2 Å². The van der Waals surface area contributed by atoms with Crippen LogP contribution in [0.25, 0.3) is 23.3 Å². The Hall–Kier alpha value is -2.48. The maximum absolute atomic E-state index is 9.89. The molecule has 0 radical (unpaired) electrons. The molecule has 2 rings (SSSR count). The Bertz CT molecular complexity index is 612. The van der Waals surface area contributed by atoms with Gasteiger partial charge in [0.15, 0.2) is 0 Å². The van der Waals surface area contributed by atoms with Crippen LogP contribution in [0.4, 0.5) is 0 Å². The fourth-order valence-corrected chi connectivity index (χ4v) is 1.80. The first kappa shape index (κ1) is 12.0. The SMILES string of the molecule is C=Cc1ccc(O)c(-c2ccc(O)c(C=C)c2)c1. The van der Waals surface area contributed by atoms with Crippen LogP contribution in [0.1, 0.15) is 11.1 Å². The number of phenols is 2. The molecule has 0 amide bonds. The lowest BCUT2D eigenvalue weighted by Crippen LogP contribution is -1.83.